The number of unbranched alkanes of at least 4 members (excludes halogenated alkanes) is 2. The Bertz CT molecular complexity index is 1410. The third kappa shape index (κ3) is 6.64. The van der Waals surface area contributed by atoms with Crippen molar-refractivity contribution in [1.82, 2.24) is 0 Å². The lowest BCUT2D eigenvalue weighted by Gasteiger charge is -2.41. The molecule has 1 aliphatic heterocycles. The molecule has 0 saturated carbocycles. The standard InChI is InChI=1S/C38H47N2OP/c1-6-8-27-38(28-9-7-2,41-42(31-21-12-10-13-22-31)32-23-14-11-15-24-32)36-39-35(37(3,4)5)29-40(36)34-26-18-20-30-19-16-17-25-33(30)34/h10-26,35H,6-9,27-29H2,1-5H3/t35-/m1/s1. The number of amidine groups is 1. The van der Waals surface area contributed by atoms with E-state index in [9.17, 15) is 0 Å². The number of hydrogen-bond donors (Lipinski definition) is 0. The molecule has 0 unspecified atom stereocenters. The predicted molar refractivity (Wildman–Crippen MR) is 184 cm³/mol. The van der Waals surface area contributed by atoms with Gasteiger partial charge in [-0.05, 0) is 29.7 Å². The molecule has 0 spiro atoms. The van der Waals surface area contributed by atoms with Crippen LogP contribution >= 0.6 is 8.15 Å². The molecule has 0 radical (unpaired) electrons. The maximum atomic E-state index is 7.72. The number of aliphatic imine (C=N–C) groups is 1. The molecule has 4 aromatic rings. The summed E-state index contributed by atoms with van der Waals surface area (Å²) >= 11 is 0. The smallest absolute Gasteiger partial charge is 0.137 e. The predicted octanol–water partition coefficient (Wildman–Crippen LogP) is 9.66. The highest BCUT2D eigenvalue weighted by molar-refractivity contribution is 7.68. The maximum Gasteiger partial charge on any atom is 0.137 e. The molecular formula is C38H47N2OP. The van der Waals surface area contributed by atoms with Crippen molar-refractivity contribution in [1.29, 1.82) is 0 Å². The van der Waals surface area contributed by atoms with E-state index in [4.69, 9.17) is 9.52 Å². The third-order valence-electron chi connectivity index (χ3n) is 8.47. The van der Waals surface area contributed by atoms with E-state index in [1.165, 1.54) is 27.1 Å². The van der Waals surface area contributed by atoms with Gasteiger partial charge >= 0.3 is 0 Å². The highest BCUT2D eigenvalue weighted by atomic mass is 31.1. The highest BCUT2D eigenvalue weighted by Gasteiger charge is 2.47. The van der Waals surface area contributed by atoms with Crippen molar-refractivity contribution in [2.75, 3.05) is 11.4 Å². The van der Waals surface area contributed by atoms with Crippen molar-refractivity contribution in [3.63, 3.8) is 0 Å². The van der Waals surface area contributed by atoms with E-state index in [0.29, 0.717) is 0 Å². The molecule has 1 aliphatic rings. The van der Waals surface area contributed by atoms with Crippen LogP contribution < -0.4 is 15.5 Å². The summed E-state index contributed by atoms with van der Waals surface area (Å²) in [6.45, 7) is 12.4. The van der Waals surface area contributed by atoms with E-state index in [0.717, 1.165) is 50.9 Å². The number of fused-ring (bicyclic) bond motifs is 1. The second-order valence-electron chi connectivity index (χ2n) is 12.7. The molecule has 4 aromatic carbocycles. The molecule has 0 saturated heterocycles. The monoisotopic (exact) mass is 578 g/mol. The molecular weight excluding hydrogens is 531 g/mol. The molecule has 0 fully saturated rings. The summed E-state index contributed by atoms with van der Waals surface area (Å²) < 4.78 is 7.72. The first kappa shape index (κ1) is 30.5. The number of benzene rings is 4. The Balaban J connectivity index is 1.71. The van der Waals surface area contributed by atoms with Crippen LogP contribution in [-0.4, -0.2) is 24.0 Å². The summed E-state index contributed by atoms with van der Waals surface area (Å²) in [6, 6.07) is 37.3. The van der Waals surface area contributed by atoms with Gasteiger partial charge < -0.3 is 9.42 Å². The van der Waals surface area contributed by atoms with Crippen LogP contribution in [0.4, 0.5) is 5.69 Å². The lowest BCUT2D eigenvalue weighted by atomic mass is 9.87. The molecule has 0 N–H and O–H groups in total. The topological polar surface area (TPSA) is 24.8 Å². The third-order valence-corrected chi connectivity index (χ3v) is 10.5. The van der Waals surface area contributed by atoms with E-state index < -0.39 is 13.7 Å². The van der Waals surface area contributed by atoms with Crippen LogP contribution in [-0.2, 0) is 4.52 Å². The summed E-state index contributed by atoms with van der Waals surface area (Å²) in [5.74, 6) is 1.13. The summed E-state index contributed by atoms with van der Waals surface area (Å²) in [7, 11) is -1.06. The van der Waals surface area contributed by atoms with Crippen LogP contribution in [0, 0.1) is 5.41 Å². The van der Waals surface area contributed by atoms with Gasteiger partial charge in [0.15, 0.2) is 0 Å². The Kier molecular flexibility index (Phi) is 9.81. The largest absolute Gasteiger partial charge is 0.335 e. The van der Waals surface area contributed by atoms with Gasteiger partial charge in [0, 0.05) is 22.5 Å². The number of anilines is 1. The van der Waals surface area contributed by atoms with Gasteiger partial charge in [-0.3, -0.25) is 4.99 Å². The van der Waals surface area contributed by atoms with Gasteiger partial charge in [-0.1, -0.05) is 157 Å². The van der Waals surface area contributed by atoms with Crippen molar-refractivity contribution in [2.45, 2.75) is 84.8 Å². The minimum absolute atomic E-state index is 0.0371. The minimum atomic E-state index is -1.06. The van der Waals surface area contributed by atoms with Crippen molar-refractivity contribution < 1.29 is 4.52 Å². The van der Waals surface area contributed by atoms with E-state index >= 15 is 0 Å². The lowest BCUT2D eigenvalue weighted by molar-refractivity contribution is 0.134. The van der Waals surface area contributed by atoms with E-state index in [2.05, 4.69) is 143 Å². The molecule has 42 heavy (non-hydrogen) atoms. The molecule has 1 atom stereocenters. The SMILES string of the molecule is CCCCC(CCCC)(OP(c1ccccc1)c1ccccc1)C1=N[C@@H](C(C)(C)C)CN1c1cccc2ccccc12. The Labute approximate surface area is 254 Å². The van der Waals surface area contributed by atoms with E-state index in [-0.39, 0.29) is 11.5 Å². The Morgan fingerprint density at radius 3 is 1.86 bits per heavy atom. The van der Waals surface area contributed by atoms with E-state index in [1.54, 1.807) is 0 Å². The summed E-state index contributed by atoms with van der Waals surface area (Å²) in [4.78, 5) is 8.21. The summed E-state index contributed by atoms with van der Waals surface area (Å²) in [5.41, 5.74) is 0.777. The first-order valence-corrected chi connectivity index (χ1v) is 17.0. The molecule has 0 aliphatic carbocycles. The molecule has 0 aromatic heterocycles. The number of hydrogen-bond acceptors (Lipinski definition) is 3. The zero-order chi connectivity index (χ0) is 29.6. The second kappa shape index (κ2) is 13.5. The summed E-state index contributed by atoms with van der Waals surface area (Å²) in [5, 5.41) is 5.03. The Morgan fingerprint density at radius 1 is 0.738 bits per heavy atom. The Morgan fingerprint density at radius 2 is 1.29 bits per heavy atom. The average Bonchev–Trinajstić information content (AvgIpc) is 3.48. The van der Waals surface area contributed by atoms with Crippen LogP contribution in [0.25, 0.3) is 10.8 Å². The number of rotatable bonds is 12. The molecule has 3 nitrogen and oxygen atoms in total. The van der Waals surface area contributed by atoms with Crippen LogP contribution in [0.1, 0.15) is 73.1 Å². The van der Waals surface area contributed by atoms with Crippen LogP contribution in [0.15, 0.2) is 108 Å². The fraction of sp³-hybridized carbons (Fsp3) is 0.395. The fourth-order valence-corrected chi connectivity index (χ4v) is 7.97. The van der Waals surface area contributed by atoms with Crippen molar-refractivity contribution >= 4 is 41.1 Å². The molecule has 5 rings (SSSR count). The van der Waals surface area contributed by atoms with Gasteiger partial charge in [-0.2, -0.15) is 0 Å². The molecule has 220 valence electrons. The molecule has 0 bridgehead atoms. The zero-order valence-corrected chi connectivity index (χ0v) is 27.0. The van der Waals surface area contributed by atoms with Gasteiger partial charge in [0.25, 0.3) is 0 Å². The van der Waals surface area contributed by atoms with Crippen molar-refractivity contribution in [3.05, 3.63) is 103 Å². The van der Waals surface area contributed by atoms with Gasteiger partial charge in [-0.15, -0.1) is 0 Å². The molecule has 0 amide bonds. The number of nitrogens with zero attached hydrogens (tertiary/aromatic N) is 2. The van der Waals surface area contributed by atoms with Gasteiger partial charge in [0.2, 0.25) is 0 Å². The van der Waals surface area contributed by atoms with Crippen molar-refractivity contribution in [2.24, 2.45) is 10.4 Å². The van der Waals surface area contributed by atoms with Crippen molar-refractivity contribution in [3.8, 4) is 0 Å². The van der Waals surface area contributed by atoms with Crippen LogP contribution in [0.5, 0.6) is 0 Å². The average molecular weight is 579 g/mol. The first-order chi connectivity index (χ1) is 20.4. The molecule has 1 heterocycles. The van der Waals surface area contributed by atoms with E-state index in [1.807, 2.05) is 0 Å². The fourth-order valence-electron chi connectivity index (χ4n) is 5.97. The zero-order valence-electron chi connectivity index (χ0n) is 26.1. The van der Waals surface area contributed by atoms with Gasteiger partial charge in [0.05, 0.1) is 19.9 Å². The normalized spacial score (nSPS) is 15.9. The van der Waals surface area contributed by atoms with Crippen LogP contribution in [0.2, 0.25) is 0 Å². The van der Waals surface area contributed by atoms with Gasteiger partial charge in [-0.25, -0.2) is 0 Å². The summed E-state index contributed by atoms with van der Waals surface area (Å²) in [6.07, 6.45) is 6.35. The first-order valence-electron chi connectivity index (χ1n) is 15.8. The lowest BCUT2D eigenvalue weighted by Crippen LogP contribution is -2.49. The van der Waals surface area contributed by atoms with Gasteiger partial charge in [0.1, 0.15) is 11.4 Å². The highest BCUT2D eigenvalue weighted by Crippen LogP contribution is 2.48. The maximum absolute atomic E-state index is 7.72. The second-order valence-corrected chi connectivity index (χ2v) is 14.5. The quantitative estimate of drug-likeness (QED) is 0.156. The minimum Gasteiger partial charge on any atom is -0.335 e. The van der Waals surface area contributed by atoms with Crippen LogP contribution in [0.3, 0.4) is 0 Å². The Hall–Kier alpha value is -3.00. The molecule has 4 heteroatoms.